The van der Waals surface area contributed by atoms with Crippen LogP contribution in [-0.2, 0) is 0 Å². The molecule has 0 aromatic carbocycles. The fraction of sp³-hybridized carbons (Fsp3) is 0.500. The van der Waals surface area contributed by atoms with Crippen molar-refractivity contribution in [2.24, 2.45) is 0 Å². The normalized spacial score (nSPS) is 16.9. The molecule has 0 saturated carbocycles. The summed E-state index contributed by atoms with van der Waals surface area (Å²) >= 11 is 0. The Morgan fingerprint density at radius 2 is 2.18 bits per heavy atom. The molecule has 2 heterocycles. The third-order valence-corrected chi connectivity index (χ3v) is 2.76. The molecular formula is C10H14N4O3. The molecule has 1 aromatic rings. The van der Waals surface area contributed by atoms with E-state index >= 15 is 0 Å². The van der Waals surface area contributed by atoms with Gasteiger partial charge in [-0.3, -0.25) is 19.8 Å². The lowest BCUT2D eigenvalue weighted by Crippen LogP contribution is -2.45. The summed E-state index contributed by atoms with van der Waals surface area (Å²) in [6.45, 7) is 3.71. The van der Waals surface area contributed by atoms with Gasteiger partial charge in [-0.05, 0) is 0 Å². The van der Waals surface area contributed by atoms with Gasteiger partial charge in [0.15, 0.2) is 5.78 Å². The Kier molecular flexibility index (Phi) is 3.50. The van der Waals surface area contributed by atoms with Gasteiger partial charge in [0.25, 0.3) is 5.69 Å². The molecule has 2 rings (SSSR count). The van der Waals surface area contributed by atoms with E-state index < -0.39 is 4.92 Å². The van der Waals surface area contributed by atoms with Crippen LogP contribution in [0.1, 0.15) is 10.5 Å². The van der Waals surface area contributed by atoms with Crippen LogP contribution >= 0.6 is 0 Å². The van der Waals surface area contributed by atoms with Crippen molar-refractivity contribution in [2.75, 3.05) is 32.7 Å². The molecule has 0 amide bonds. The number of aromatic nitrogens is 1. The number of hydrogen-bond donors (Lipinski definition) is 2. The molecule has 1 aliphatic heterocycles. The molecule has 0 unspecified atom stereocenters. The summed E-state index contributed by atoms with van der Waals surface area (Å²) in [5, 5.41) is 13.7. The van der Waals surface area contributed by atoms with Crippen molar-refractivity contribution in [1.82, 2.24) is 15.2 Å². The lowest BCUT2D eigenvalue weighted by Gasteiger charge is -2.26. The third-order valence-electron chi connectivity index (χ3n) is 2.76. The van der Waals surface area contributed by atoms with Crippen molar-refractivity contribution in [3.63, 3.8) is 0 Å². The van der Waals surface area contributed by atoms with Gasteiger partial charge in [0.1, 0.15) is 0 Å². The average molecular weight is 238 g/mol. The number of ketones is 1. The van der Waals surface area contributed by atoms with Crippen molar-refractivity contribution >= 4 is 11.5 Å². The van der Waals surface area contributed by atoms with Crippen LogP contribution in [0.4, 0.5) is 5.69 Å². The van der Waals surface area contributed by atoms with E-state index in [1.54, 1.807) is 0 Å². The van der Waals surface area contributed by atoms with Gasteiger partial charge >= 0.3 is 0 Å². The third kappa shape index (κ3) is 2.89. The maximum absolute atomic E-state index is 11.8. The lowest BCUT2D eigenvalue weighted by atomic mass is 10.2. The smallest absolute Gasteiger partial charge is 0.287 e. The van der Waals surface area contributed by atoms with Gasteiger partial charge in [-0.15, -0.1) is 0 Å². The van der Waals surface area contributed by atoms with Crippen LogP contribution in [0.25, 0.3) is 0 Å². The summed E-state index contributed by atoms with van der Waals surface area (Å²) in [7, 11) is 0. The van der Waals surface area contributed by atoms with E-state index in [1.807, 2.05) is 4.90 Å². The molecule has 1 saturated heterocycles. The fourth-order valence-electron chi connectivity index (χ4n) is 1.81. The average Bonchev–Trinajstić information content (AvgIpc) is 2.79. The van der Waals surface area contributed by atoms with Crippen LogP contribution in [0, 0.1) is 10.1 Å². The Labute approximate surface area is 97.9 Å². The van der Waals surface area contributed by atoms with Gasteiger partial charge in [-0.2, -0.15) is 0 Å². The summed E-state index contributed by atoms with van der Waals surface area (Å²) < 4.78 is 0. The number of piperazine rings is 1. The predicted molar refractivity (Wildman–Crippen MR) is 61.1 cm³/mol. The molecule has 92 valence electrons. The number of nitro groups is 1. The van der Waals surface area contributed by atoms with Gasteiger partial charge in [-0.1, -0.05) is 0 Å². The van der Waals surface area contributed by atoms with E-state index in [-0.39, 0.29) is 11.5 Å². The van der Waals surface area contributed by atoms with E-state index in [4.69, 9.17) is 0 Å². The number of nitrogens with one attached hydrogen (secondary N) is 2. The molecule has 0 radical (unpaired) electrons. The second-order valence-electron chi connectivity index (χ2n) is 3.98. The lowest BCUT2D eigenvalue weighted by molar-refractivity contribution is -0.384. The highest BCUT2D eigenvalue weighted by molar-refractivity contribution is 5.96. The summed E-state index contributed by atoms with van der Waals surface area (Å²) in [5.74, 6) is -0.111. The fourth-order valence-corrected chi connectivity index (χ4v) is 1.81. The molecule has 17 heavy (non-hydrogen) atoms. The maximum atomic E-state index is 11.8. The van der Waals surface area contributed by atoms with Crippen LogP contribution in [-0.4, -0.2) is 53.3 Å². The van der Waals surface area contributed by atoms with E-state index in [0.29, 0.717) is 12.2 Å². The molecule has 1 aliphatic rings. The highest BCUT2D eigenvalue weighted by Crippen LogP contribution is 2.12. The minimum Gasteiger partial charge on any atom is -0.353 e. The van der Waals surface area contributed by atoms with Crippen molar-refractivity contribution in [2.45, 2.75) is 0 Å². The summed E-state index contributed by atoms with van der Waals surface area (Å²) in [6, 6.07) is 1.28. The first-order chi connectivity index (χ1) is 8.16. The number of aromatic amines is 1. The minimum atomic E-state index is -0.516. The number of hydrogen-bond acceptors (Lipinski definition) is 5. The molecule has 1 fully saturated rings. The minimum absolute atomic E-state index is 0.0753. The number of rotatable bonds is 4. The Morgan fingerprint density at radius 3 is 2.76 bits per heavy atom. The number of carbonyl (C=O) groups excluding carboxylic acids is 1. The van der Waals surface area contributed by atoms with E-state index in [1.165, 1.54) is 12.3 Å². The molecule has 0 spiro atoms. The van der Waals surface area contributed by atoms with Crippen molar-refractivity contribution in [3.05, 3.63) is 28.1 Å². The first-order valence-electron chi connectivity index (χ1n) is 5.46. The summed E-state index contributed by atoms with van der Waals surface area (Å²) in [4.78, 5) is 26.5. The van der Waals surface area contributed by atoms with Gasteiger partial charge < -0.3 is 10.3 Å². The Bertz CT molecular complexity index is 423. The van der Waals surface area contributed by atoms with Crippen molar-refractivity contribution in [1.29, 1.82) is 0 Å². The SMILES string of the molecule is O=C(CN1CCNCC1)c1cc([N+](=O)[O-])c[nH]1. The maximum Gasteiger partial charge on any atom is 0.287 e. The van der Waals surface area contributed by atoms with E-state index in [9.17, 15) is 14.9 Å². The quantitative estimate of drug-likeness (QED) is 0.438. The Balaban J connectivity index is 1.96. The molecule has 0 bridgehead atoms. The van der Waals surface area contributed by atoms with Gasteiger partial charge in [-0.25, -0.2) is 0 Å². The largest absolute Gasteiger partial charge is 0.353 e. The van der Waals surface area contributed by atoms with Crippen LogP contribution < -0.4 is 5.32 Å². The predicted octanol–water partition coefficient (Wildman–Crippen LogP) is 0.0108. The van der Waals surface area contributed by atoms with Gasteiger partial charge in [0.2, 0.25) is 0 Å². The molecule has 2 N–H and O–H groups in total. The summed E-state index contributed by atoms with van der Waals surface area (Å²) in [5.41, 5.74) is 0.226. The van der Waals surface area contributed by atoms with Crippen LogP contribution in [0.2, 0.25) is 0 Å². The number of Topliss-reactive ketones (excluding diaryl/α,β-unsaturated/α-hetero) is 1. The molecule has 0 aliphatic carbocycles. The van der Waals surface area contributed by atoms with Crippen molar-refractivity contribution < 1.29 is 9.72 Å². The molecule has 1 aromatic heterocycles. The number of nitrogens with zero attached hydrogens (tertiary/aromatic N) is 2. The van der Waals surface area contributed by atoms with Gasteiger partial charge in [0.05, 0.1) is 23.4 Å². The Hall–Kier alpha value is -1.73. The van der Waals surface area contributed by atoms with Crippen LogP contribution in [0.5, 0.6) is 0 Å². The summed E-state index contributed by atoms with van der Waals surface area (Å²) in [6.07, 6.45) is 1.24. The molecular weight excluding hydrogens is 224 g/mol. The molecule has 7 nitrogen and oxygen atoms in total. The van der Waals surface area contributed by atoms with Gasteiger partial charge in [0, 0.05) is 32.2 Å². The zero-order valence-electron chi connectivity index (χ0n) is 9.31. The highest BCUT2D eigenvalue weighted by atomic mass is 16.6. The molecule has 7 heteroatoms. The second kappa shape index (κ2) is 5.07. The van der Waals surface area contributed by atoms with E-state index in [2.05, 4.69) is 10.3 Å². The first kappa shape index (κ1) is 11.7. The number of H-pyrrole nitrogens is 1. The standard InChI is InChI=1S/C10H14N4O3/c15-10(7-13-3-1-11-2-4-13)9-5-8(6-12-9)14(16)17/h5-6,11-12H,1-4,7H2. The zero-order valence-corrected chi connectivity index (χ0v) is 9.31. The first-order valence-corrected chi connectivity index (χ1v) is 5.46. The van der Waals surface area contributed by atoms with Crippen LogP contribution in [0.3, 0.4) is 0 Å². The second-order valence-corrected chi connectivity index (χ2v) is 3.98. The Morgan fingerprint density at radius 1 is 1.47 bits per heavy atom. The van der Waals surface area contributed by atoms with E-state index in [0.717, 1.165) is 26.2 Å². The highest BCUT2D eigenvalue weighted by Gasteiger charge is 2.18. The number of carbonyl (C=O) groups is 1. The molecule has 0 atom stereocenters. The monoisotopic (exact) mass is 238 g/mol. The zero-order chi connectivity index (χ0) is 12.3. The van der Waals surface area contributed by atoms with Crippen LogP contribution in [0.15, 0.2) is 12.3 Å². The van der Waals surface area contributed by atoms with Crippen molar-refractivity contribution in [3.8, 4) is 0 Å². The topological polar surface area (TPSA) is 91.3 Å².